The number of aromatic hydroxyl groups is 1. The number of benzene rings is 1. The largest absolute Gasteiger partial charge is 0.506 e. The van der Waals surface area contributed by atoms with Crippen LogP contribution in [0.25, 0.3) is 16.9 Å². The lowest BCUT2D eigenvalue weighted by Crippen LogP contribution is -2.16. The molecule has 3 aromatic heterocycles. The van der Waals surface area contributed by atoms with E-state index >= 15 is 0 Å². The molecule has 10 nitrogen and oxygen atoms in total. The lowest BCUT2D eigenvalue weighted by Gasteiger charge is -2.16. The summed E-state index contributed by atoms with van der Waals surface area (Å²) in [7, 11) is 0. The molecule has 6 N–H and O–H groups in total. The number of nitrogens with one attached hydrogen (secondary N) is 3. The number of nitrogens with two attached hydrogens (primary N) is 1. The minimum Gasteiger partial charge on any atom is -0.506 e. The van der Waals surface area contributed by atoms with Gasteiger partial charge in [-0.05, 0) is 30.3 Å². The van der Waals surface area contributed by atoms with Crippen LogP contribution in [0.5, 0.6) is 5.75 Å². The van der Waals surface area contributed by atoms with Gasteiger partial charge in [-0.2, -0.15) is 0 Å². The lowest BCUT2D eigenvalue weighted by atomic mass is 10.2. The molecule has 162 valence electrons. The first-order valence-corrected chi connectivity index (χ1v) is 9.85. The van der Waals surface area contributed by atoms with E-state index in [0.717, 1.165) is 11.0 Å². The van der Waals surface area contributed by atoms with Crippen LogP contribution in [0.15, 0.2) is 67.8 Å². The minimum absolute atomic E-state index is 0.0330. The fourth-order valence-electron chi connectivity index (χ4n) is 3.16. The number of hydrogen-bond donors (Lipinski definition) is 5. The van der Waals surface area contributed by atoms with Crippen LogP contribution in [0.1, 0.15) is 0 Å². The first kappa shape index (κ1) is 20.8. The quantitative estimate of drug-likeness (QED) is 0.163. The second kappa shape index (κ2) is 9.14. The Morgan fingerprint density at radius 3 is 2.84 bits per heavy atom. The van der Waals surface area contributed by atoms with Crippen molar-refractivity contribution in [1.29, 1.82) is 0 Å². The van der Waals surface area contributed by atoms with Crippen molar-refractivity contribution in [2.45, 2.75) is 0 Å². The fourth-order valence-corrected chi connectivity index (χ4v) is 3.16. The Bertz CT molecular complexity index is 1280. The molecule has 0 unspecified atom stereocenters. The number of amides is 1. The van der Waals surface area contributed by atoms with Crippen LogP contribution in [0.2, 0.25) is 0 Å². The van der Waals surface area contributed by atoms with Crippen molar-refractivity contribution in [3.63, 3.8) is 0 Å². The minimum atomic E-state index is -0.381. The van der Waals surface area contributed by atoms with E-state index < -0.39 is 0 Å². The molecule has 0 saturated heterocycles. The number of aromatic nitrogens is 4. The van der Waals surface area contributed by atoms with Gasteiger partial charge in [0, 0.05) is 43.0 Å². The number of carbonyl (C=O) groups excluding carboxylic acids is 1. The highest BCUT2D eigenvalue weighted by atomic mass is 16.3. The zero-order valence-corrected chi connectivity index (χ0v) is 17.1. The standard InChI is InChI=1S/C22H22N8O2/c1-2-21(32)29-16-10-17(18(31)11-15(16)24-8-6-23)28-19-12-20(27-13-26-19)30-9-5-14-4-3-7-25-22(14)30/h2-5,7,9-13,24,31H,1,6,8,23H2,(H,29,32)(H,26,27,28). The van der Waals surface area contributed by atoms with Crippen LogP contribution in [-0.2, 0) is 4.79 Å². The van der Waals surface area contributed by atoms with Crippen LogP contribution < -0.4 is 21.7 Å². The van der Waals surface area contributed by atoms with E-state index in [0.29, 0.717) is 41.8 Å². The highest BCUT2D eigenvalue weighted by Gasteiger charge is 2.13. The summed E-state index contributed by atoms with van der Waals surface area (Å²) in [5, 5.41) is 20.4. The molecule has 0 aliphatic carbocycles. The molecule has 1 amide bonds. The molecule has 0 atom stereocenters. The maximum atomic E-state index is 11.9. The van der Waals surface area contributed by atoms with Gasteiger partial charge >= 0.3 is 0 Å². The molecule has 32 heavy (non-hydrogen) atoms. The Kier molecular flexibility index (Phi) is 5.95. The molecule has 0 bridgehead atoms. The molecule has 0 saturated carbocycles. The number of rotatable bonds is 8. The van der Waals surface area contributed by atoms with E-state index in [1.165, 1.54) is 18.5 Å². The molecular weight excluding hydrogens is 408 g/mol. The Morgan fingerprint density at radius 1 is 1.16 bits per heavy atom. The smallest absolute Gasteiger partial charge is 0.247 e. The molecule has 4 rings (SSSR count). The van der Waals surface area contributed by atoms with E-state index in [2.05, 4.69) is 37.5 Å². The van der Waals surface area contributed by atoms with Crippen LogP contribution in [0, 0.1) is 0 Å². The van der Waals surface area contributed by atoms with Crippen LogP contribution in [-0.4, -0.2) is 43.6 Å². The van der Waals surface area contributed by atoms with E-state index in [1.54, 1.807) is 18.3 Å². The zero-order chi connectivity index (χ0) is 22.5. The Hall–Kier alpha value is -4.44. The van der Waals surface area contributed by atoms with Crippen molar-refractivity contribution in [3.8, 4) is 11.6 Å². The van der Waals surface area contributed by atoms with Crippen molar-refractivity contribution < 1.29 is 9.90 Å². The number of phenolic OH excluding ortho intramolecular Hbond substituents is 1. The van der Waals surface area contributed by atoms with Gasteiger partial charge in [0.05, 0.1) is 17.1 Å². The normalized spacial score (nSPS) is 10.7. The van der Waals surface area contributed by atoms with Gasteiger partial charge in [0.2, 0.25) is 5.91 Å². The highest BCUT2D eigenvalue weighted by molar-refractivity contribution is 6.02. The summed E-state index contributed by atoms with van der Waals surface area (Å²) >= 11 is 0. The molecule has 4 aromatic rings. The van der Waals surface area contributed by atoms with Gasteiger partial charge in [-0.25, -0.2) is 15.0 Å². The van der Waals surface area contributed by atoms with Gasteiger partial charge in [0.15, 0.2) is 0 Å². The lowest BCUT2D eigenvalue weighted by molar-refractivity contribution is -0.111. The SMILES string of the molecule is C=CC(=O)Nc1cc(Nc2cc(-n3ccc4cccnc43)ncn2)c(O)cc1NCCN. The van der Waals surface area contributed by atoms with Gasteiger partial charge in [-0.15, -0.1) is 0 Å². The first-order chi connectivity index (χ1) is 15.6. The molecule has 0 spiro atoms. The average Bonchev–Trinajstić information content (AvgIpc) is 3.24. The van der Waals surface area contributed by atoms with Crippen molar-refractivity contribution in [3.05, 3.63) is 67.8 Å². The molecular formula is C22H22N8O2. The predicted molar refractivity (Wildman–Crippen MR) is 124 cm³/mol. The number of pyridine rings is 1. The molecule has 3 heterocycles. The second-order valence-electron chi connectivity index (χ2n) is 6.81. The van der Waals surface area contributed by atoms with Crippen LogP contribution in [0.3, 0.4) is 0 Å². The summed E-state index contributed by atoms with van der Waals surface area (Å²) in [5.41, 5.74) is 7.66. The van der Waals surface area contributed by atoms with E-state index in [-0.39, 0.29) is 11.7 Å². The number of anilines is 4. The summed E-state index contributed by atoms with van der Waals surface area (Å²) in [6.45, 7) is 4.33. The third-order valence-electron chi connectivity index (χ3n) is 4.65. The van der Waals surface area contributed by atoms with E-state index in [4.69, 9.17) is 5.73 Å². The van der Waals surface area contributed by atoms with Gasteiger partial charge in [-0.1, -0.05) is 6.58 Å². The van der Waals surface area contributed by atoms with Gasteiger partial charge < -0.3 is 26.8 Å². The van der Waals surface area contributed by atoms with Crippen molar-refractivity contribution in [1.82, 2.24) is 19.5 Å². The fraction of sp³-hybridized carbons (Fsp3) is 0.0909. The summed E-state index contributed by atoms with van der Waals surface area (Å²) in [4.78, 5) is 24.8. The van der Waals surface area contributed by atoms with Crippen LogP contribution in [0.4, 0.5) is 22.9 Å². The van der Waals surface area contributed by atoms with Gasteiger partial charge in [0.1, 0.15) is 29.4 Å². The summed E-state index contributed by atoms with van der Waals surface area (Å²) in [6.07, 6.45) is 6.18. The summed E-state index contributed by atoms with van der Waals surface area (Å²) in [5.74, 6) is 0.645. The number of fused-ring (bicyclic) bond motifs is 1. The number of nitrogens with zero attached hydrogens (tertiary/aromatic N) is 4. The zero-order valence-electron chi connectivity index (χ0n) is 17.1. The molecule has 0 fully saturated rings. The van der Waals surface area contributed by atoms with Crippen LogP contribution >= 0.6 is 0 Å². The van der Waals surface area contributed by atoms with Crippen molar-refractivity contribution >= 4 is 39.8 Å². The van der Waals surface area contributed by atoms with Crippen molar-refractivity contribution in [2.24, 2.45) is 5.73 Å². The molecule has 0 aliphatic rings. The highest BCUT2D eigenvalue weighted by Crippen LogP contribution is 2.35. The monoisotopic (exact) mass is 430 g/mol. The van der Waals surface area contributed by atoms with E-state index in [9.17, 15) is 9.90 Å². The third-order valence-corrected chi connectivity index (χ3v) is 4.65. The number of carbonyl (C=O) groups is 1. The Morgan fingerprint density at radius 2 is 2.03 bits per heavy atom. The van der Waals surface area contributed by atoms with Gasteiger partial charge in [-0.3, -0.25) is 9.36 Å². The first-order valence-electron chi connectivity index (χ1n) is 9.85. The third kappa shape index (κ3) is 4.35. The topological polar surface area (TPSA) is 143 Å². The summed E-state index contributed by atoms with van der Waals surface area (Å²) in [6, 6.07) is 10.6. The maximum Gasteiger partial charge on any atom is 0.247 e. The maximum absolute atomic E-state index is 11.9. The van der Waals surface area contributed by atoms with Crippen molar-refractivity contribution in [2.75, 3.05) is 29.0 Å². The summed E-state index contributed by atoms with van der Waals surface area (Å²) < 4.78 is 1.84. The molecule has 1 aromatic carbocycles. The molecule has 0 aliphatic heterocycles. The molecule has 0 radical (unpaired) electrons. The van der Waals surface area contributed by atoms with E-state index in [1.807, 2.05) is 29.0 Å². The number of phenols is 1. The van der Waals surface area contributed by atoms with Gasteiger partial charge in [0.25, 0.3) is 0 Å². The number of hydrogen-bond acceptors (Lipinski definition) is 8. The Labute approximate surface area is 183 Å². The Balaban J connectivity index is 1.66. The second-order valence-corrected chi connectivity index (χ2v) is 6.81. The molecule has 10 heteroatoms. The predicted octanol–water partition coefficient (Wildman–Crippen LogP) is 2.76. The average molecular weight is 430 g/mol.